The summed E-state index contributed by atoms with van der Waals surface area (Å²) in [4.78, 5) is 22.3. The minimum atomic E-state index is -0.863. The minimum Gasteiger partial charge on any atom is -0.374 e. The maximum absolute atomic E-state index is 11.3. The maximum atomic E-state index is 11.3. The first kappa shape index (κ1) is 12.9. The van der Waals surface area contributed by atoms with Gasteiger partial charge in [-0.2, -0.15) is 15.0 Å². The molecule has 94 valence electrons. The molecule has 1 unspecified atom stereocenters. The Morgan fingerprint density at radius 3 is 2.47 bits per heavy atom. The van der Waals surface area contributed by atoms with Gasteiger partial charge in [-0.15, -0.1) is 0 Å². The van der Waals surface area contributed by atoms with Gasteiger partial charge in [0, 0.05) is 0 Å². The Kier molecular flexibility index (Phi) is 4.40. The van der Waals surface area contributed by atoms with Gasteiger partial charge < -0.3 is 27.2 Å². The number of rotatable bonds is 5. The van der Waals surface area contributed by atoms with Gasteiger partial charge in [0.05, 0.1) is 6.54 Å². The average Bonchev–Trinajstić information content (AvgIpc) is 2.25. The van der Waals surface area contributed by atoms with Gasteiger partial charge in [0.2, 0.25) is 23.8 Å². The van der Waals surface area contributed by atoms with Crippen molar-refractivity contribution in [3.05, 3.63) is 0 Å². The van der Waals surface area contributed by atoms with E-state index < -0.39 is 12.1 Å². The lowest BCUT2D eigenvalue weighted by molar-refractivity contribution is -0.122. The Balaban J connectivity index is 2.47. The van der Waals surface area contributed by atoms with E-state index in [0.717, 1.165) is 0 Å². The molecule has 0 aliphatic rings. The second kappa shape index (κ2) is 5.80. The number of nitrogens with two attached hydrogens (primary N) is 2. The Bertz CT molecular complexity index is 377. The molecule has 7 N–H and O–H groups in total. The van der Waals surface area contributed by atoms with Crippen molar-refractivity contribution >= 4 is 23.8 Å². The van der Waals surface area contributed by atoms with Crippen LogP contribution in [-0.2, 0) is 4.79 Å². The van der Waals surface area contributed by atoms with Crippen molar-refractivity contribution in [1.82, 2.24) is 20.3 Å². The monoisotopic (exact) mass is 241 g/mol. The smallest absolute Gasteiger partial charge is 0.241 e. The van der Waals surface area contributed by atoms with E-state index in [0.29, 0.717) is 6.42 Å². The normalized spacial score (nSPS) is 11.9. The highest BCUT2D eigenvalue weighted by Crippen LogP contribution is 2.02. The molecule has 9 heteroatoms. The summed E-state index contributed by atoms with van der Waals surface area (Å²) in [5.74, 6) is -0.351. The number of aliphatic hydroxyl groups is 1. The molecular weight excluding hydrogens is 226 g/mol. The first-order valence-electron chi connectivity index (χ1n) is 4.99. The largest absolute Gasteiger partial charge is 0.374 e. The van der Waals surface area contributed by atoms with Gasteiger partial charge in [-0.1, -0.05) is 6.92 Å². The van der Waals surface area contributed by atoms with E-state index in [4.69, 9.17) is 11.5 Å². The standard InChI is InChI=1S/C8H15N7O2/c1-2-4(16)12-5(17)3-11-8-14-6(9)13-7(10)15-8/h4,16H,2-3H2,1H3,(H,12,17)(H5,9,10,11,13,14,15). The highest BCUT2D eigenvalue weighted by Gasteiger charge is 2.07. The van der Waals surface area contributed by atoms with Gasteiger partial charge in [-0.05, 0) is 6.42 Å². The molecule has 1 rings (SSSR count). The number of hydrogen-bond donors (Lipinski definition) is 5. The summed E-state index contributed by atoms with van der Waals surface area (Å²) in [7, 11) is 0. The van der Waals surface area contributed by atoms with Crippen molar-refractivity contribution in [2.45, 2.75) is 19.6 Å². The lowest BCUT2D eigenvalue weighted by Crippen LogP contribution is -2.38. The number of nitrogens with zero attached hydrogens (tertiary/aromatic N) is 3. The topological polar surface area (TPSA) is 152 Å². The van der Waals surface area contributed by atoms with Crippen LogP contribution in [0.5, 0.6) is 0 Å². The summed E-state index contributed by atoms with van der Waals surface area (Å²) in [6, 6.07) is 0. The van der Waals surface area contributed by atoms with Crippen LogP contribution in [0.15, 0.2) is 0 Å². The SMILES string of the molecule is CCC(O)NC(=O)CNc1nc(N)nc(N)n1. The van der Waals surface area contributed by atoms with Crippen molar-refractivity contribution in [3.8, 4) is 0 Å². The quantitative estimate of drug-likeness (QED) is 0.382. The molecule has 0 bridgehead atoms. The Morgan fingerprint density at radius 2 is 1.94 bits per heavy atom. The zero-order valence-electron chi connectivity index (χ0n) is 9.34. The van der Waals surface area contributed by atoms with Crippen LogP contribution < -0.4 is 22.1 Å². The number of hydrogen-bond acceptors (Lipinski definition) is 8. The van der Waals surface area contributed by atoms with Gasteiger partial charge >= 0.3 is 0 Å². The minimum absolute atomic E-state index is 0.0333. The van der Waals surface area contributed by atoms with Gasteiger partial charge in [0.15, 0.2) is 0 Å². The third kappa shape index (κ3) is 4.47. The van der Waals surface area contributed by atoms with Gasteiger partial charge in [-0.25, -0.2) is 0 Å². The average molecular weight is 241 g/mol. The molecule has 1 heterocycles. The summed E-state index contributed by atoms with van der Waals surface area (Å²) in [6.45, 7) is 1.64. The summed E-state index contributed by atoms with van der Waals surface area (Å²) in [5, 5.41) is 14.1. The summed E-state index contributed by atoms with van der Waals surface area (Å²) in [5.41, 5.74) is 10.7. The van der Waals surface area contributed by atoms with E-state index in [-0.39, 0.29) is 24.4 Å². The number of nitrogens with one attached hydrogen (secondary N) is 2. The van der Waals surface area contributed by atoms with Crippen molar-refractivity contribution in [2.75, 3.05) is 23.3 Å². The van der Waals surface area contributed by atoms with Crippen molar-refractivity contribution < 1.29 is 9.90 Å². The van der Waals surface area contributed by atoms with Gasteiger partial charge in [0.25, 0.3) is 0 Å². The molecule has 1 aromatic rings. The van der Waals surface area contributed by atoms with Crippen molar-refractivity contribution in [3.63, 3.8) is 0 Å². The summed E-state index contributed by atoms with van der Waals surface area (Å²) < 4.78 is 0. The fraction of sp³-hybridized carbons (Fsp3) is 0.500. The third-order valence-corrected chi connectivity index (χ3v) is 1.79. The second-order valence-corrected chi connectivity index (χ2v) is 3.22. The lowest BCUT2D eigenvalue weighted by atomic mass is 10.4. The number of carbonyl (C=O) groups is 1. The highest BCUT2D eigenvalue weighted by atomic mass is 16.3. The predicted molar refractivity (Wildman–Crippen MR) is 61.6 cm³/mol. The molecule has 0 spiro atoms. The molecule has 17 heavy (non-hydrogen) atoms. The van der Waals surface area contributed by atoms with Crippen LogP contribution in [0.3, 0.4) is 0 Å². The van der Waals surface area contributed by atoms with E-state index in [1.807, 2.05) is 0 Å². The molecule has 0 aliphatic heterocycles. The molecule has 0 radical (unpaired) electrons. The molecule has 0 saturated carbocycles. The highest BCUT2D eigenvalue weighted by molar-refractivity contribution is 5.80. The fourth-order valence-corrected chi connectivity index (χ4v) is 0.987. The molecule has 0 fully saturated rings. The summed E-state index contributed by atoms with van der Waals surface area (Å²) >= 11 is 0. The van der Waals surface area contributed by atoms with E-state index in [2.05, 4.69) is 25.6 Å². The van der Waals surface area contributed by atoms with Crippen molar-refractivity contribution in [2.24, 2.45) is 0 Å². The fourth-order valence-electron chi connectivity index (χ4n) is 0.987. The molecule has 0 saturated heterocycles. The molecule has 0 aromatic carbocycles. The molecule has 1 amide bonds. The molecule has 9 nitrogen and oxygen atoms in total. The van der Waals surface area contributed by atoms with E-state index >= 15 is 0 Å². The first-order chi connectivity index (χ1) is 8.01. The van der Waals surface area contributed by atoms with E-state index in [9.17, 15) is 9.90 Å². The lowest BCUT2D eigenvalue weighted by Gasteiger charge is -2.10. The van der Waals surface area contributed by atoms with Crippen LogP contribution in [0.4, 0.5) is 17.8 Å². The maximum Gasteiger partial charge on any atom is 0.241 e. The van der Waals surface area contributed by atoms with Crippen LogP contribution in [-0.4, -0.2) is 38.7 Å². The second-order valence-electron chi connectivity index (χ2n) is 3.22. The van der Waals surface area contributed by atoms with E-state index in [1.165, 1.54) is 0 Å². The number of nitrogen functional groups attached to an aromatic ring is 2. The van der Waals surface area contributed by atoms with E-state index in [1.54, 1.807) is 6.92 Å². The van der Waals surface area contributed by atoms with Gasteiger partial charge in [0.1, 0.15) is 6.23 Å². The molecule has 1 aromatic heterocycles. The zero-order valence-corrected chi connectivity index (χ0v) is 9.34. The molecule has 0 aliphatic carbocycles. The first-order valence-corrected chi connectivity index (χ1v) is 4.99. The number of amides is 1. The Hall–Kier alpha value is -2.16. The number of aromatic nitrogens is 3. The zero-order chi connectivity index (χ0) is 12.8. The third-order valence-electron chi connectivity index (χ3n) is 1.79. The van der Waals surface area contributed by atoms with Crippen LogP contribution in [0.2, 0.25) is 0 Å². The molecule has 1 atom stereocenters. The summed E-state index contributed by atoms with van der Waals surface area (Å²) in [6.07, 6.45) is -0.435. The van der Waals surface area contributed by atoms with Crippen LogP contribution >= 0.6 is 0 Å². The molecular formula is C8H15N7O2. The van der Waals surface area contributed by atoms with Crippen molar-refractivity contribution in [1.29, 1.82) is 0 Å². The van der Waals surface area contributed by atoms with Gasteiger partial charge in [-0.3, -0.25) is 4.79 Å². The predicted octanol–water partition coefficient (Wildman–Crippen LogP) is -1.71. The number of anilines is 3. The van der Waals surface area contributed by atoms with Crippen LogP contribution in [0, 0.1) is 0 Å². The van der Waals surface area contributed by atoms with Crippen LogP contribution in [0.25, 0.3) is 0 Å². The Labute approximate surface area is 97.7 Å². The van der Waals surface area contributed by atoms with Crippen LogP contribution in [0.1, 0.15) is 13.3 Å². The number of carbonyl (C=O) groups excluding carboxylic acids is 1. The Morgan fingerprint density at radius 1 is 1.35 bits per heavy atom. The number of aliphatic hydroxyl groups excluding tert-OH is 1.